The highest BCUT2D eigenvalue weighted by molar-refractivity contribution is 5.27. The normalized spacial score (nSPS) is 11.7. The molecule has 0 spiro atoms. The Balaban J connectivity index is 2.16. The van der Waals surface area contributed by atoms with Gasteiger partial charge >= 0.3 is 0 Å². The first-order valence-corrected chi connectivity index (χ1v) is 15.1. The first-order valence-electron chi connectivity index (χ1n) is 15.1. The second-order valence-electron chi connectivity index (χ2n) is 10.9. The number of rotatable bonds is 24. The Kier molecular flexibility index (Phi) is 20.7. The van der Waals surface area contributed by atoms with Crippen LogP contribution in [0.15, 0.2) is 24.3 Å². The van der Waals surface area contributed by atoms with Crippen LogP contribution >= 0.6 is 0 Å². The fourth-order valence-corrected chi connectivity index (χ4v) is 4.99. The average Bonchev–Trinajstić information content (AvgIpc) is 2.83. The van der Waals surface area contributed by atoms with E-state index in [0.717, 1.165) is 13.1 Å². The van der Waals surface area contributed by atoms with Gasteiger partial charge < -0.3 is 9.80 Å². The van der Waals surface area contributed by atoms with Gasteiger partial charge in [-0.25, -0.2) is 0 Å². The summed E-state index contributed by atoms with van der Waals surface area (Å²) in [6.07, 6.45) is 25.3. The number of hydrogen-bond donors (Lipinski definition) is 0. The Morgan fingerprint density at radius 1 is 0.441 bits per heavy atom. The fraction of sp³-hybridized carbons (Fsp3) is 0.812. The smallest absolute Gasteiger partial charge is 0.0233 e. The topological polar surface area (TPSA) is 6.48 Å². The zero-order valence-corrected chi connectivity index (χ0v) is 23.8. The van der Waals surface area contributed by atoms with Gasteiger partial charge in [0.25, 0.3) is 0 Å². The lowest BCUT2D eigenvalue weighted by atomic mass is 10.1. The van der Waals surface area contributed by atoms with Crippen molar-refractivity contribution in [3.8, 4) is 0 Å². The van der Waals surface area contributed by atoms with E-state index in [1.165, 1.54) is 140 Å². The van der Waals surface area contributed by atoms with E-state index in [9.17, 15) is 0 Å². The van der Waals surface area contributed by atoms with Crippen LogP contribution in [0.2, 0.25) is 0 Å². The van der Waals surface area contributed by atoms with Crippen molar-refractivity contribution < 1.29 is 0 Å². The van der Waals surface area contributed by atoms with Crippen LogP contribution in [-0.4, -0.2) is 37.0 Å². The predicted octanol–water partition coefficient (Wildman–Crippen LogP) is 9.61. The summed E-state index contributed by atoms with van der Waals surface area (Å²) in [6, 6.07) is 9.11. The third kappa shape index (κ3) is 17.6. The molecule has 0 aliphatic heterocycles. The van der Waals surface area contributed by atoms with Gasteiger partial charge in [-0.2, -0.15) is 0 Å². The highest BCUT2D eigenvalue weighted by atomic mass is 15.1. The van der Waals surface area contributed by atoms with Gasteiger partial charge in [-0.05, 0) is 51.2 Å². The lowest BCUT2D eigenvalue weighted by Gasteiger charge is -2.22. The molecular weight excluding hydrogens is 412 g/mol. The van der Waals surface area contributed by atoms with E-state index in [0.29, 0.717) is 0 Å². The van der Waals surface area contributed by atoms with E-state index in [4.69, 9.17) is 0 Å². The summed E-state index contributed by atoms with van der Waals surface area (Å²) in [4.78, 5) is 5.06. The molecule has 1 aromatic rings. The van der Waals surface area contributed by atoms with Crippen molar-refractivity contribution in [3.05, 3.63) is 35.4 Å². The standard InChI is InChI=1S/C32H60N2/c1-5-7-9-11-13-15-17-19-23-27-33(3)29-31-25-21-22-26-32(31)30-34(4)28-24-20-18-16-14-12-10-8-6-2/h21-22,25-26H,5-20,23-24,27-30H2,1-4H3. The van der Waals surface area contributed by atoms with Gasteiger partial charge in [0.2, 0.25) is 0 Å². The molecule has 34 heavy (non-hydrogen) atoms. The molecule has 0 radical (unpaired) electrons. The summed E-state index contributed by atoms with van der Waals surface area (Å²) < 4.78 is 0. The van der Waals surface area contributed by atoms with Gasteiger partial charge in [0, 0.05) is 13.1 Å². The van der Waals surface area contributed by atoms with Gasteiger partial charge in [0.1, 0.15) is 0 Å². The Bertz CT molecular complexity index is 507. The molecule has 1 aromatic carbocycles. The fourth-order valence-electron chi connectivity index (χ4n) is 4.99. The van der Waals surface area contributed by atoms with E-state index in [1.807, 2.05) is 0 Å². The van der Waals surface area contributed by atoms with Crippen molar-refractivity contribution in [2.45, 2.75) is 143 Å². The zero-order chi connectivity index (χ0) is 24.7. The third-order valence-corrected chi connectivity index (χ3v) is 7.29. The van der Waals surface area contributed by atoms with Gasteiger partial charge in [-0.1, -0.05) is 141 Å². The molecule has 0 amide bonds. The molecule has 0 N–H and O–H groups in total. The quantitative estimate of drug-likeness (QED) is 0.138. The van der Waals surface area contributed by atoms with E-state index < -0.39 is 0 Å². The number of benzene rings is 1. The molecule has 198 valence electrons. The maximum absolute atomic E-state index is 2.53. The van der Waals surface area contributed by atoms with Crippen molar-refractivity contribution in [3.63, 3.8) is 0 Å². The van der Waals surface area contributed by atoms with E-state index >= 15 is 0 Å². The van der Waals surface area contributed by atoms with Gasteiger partial charge in [-0.3, -0.25) is 0 Å². The number of unbranched alkanes of at least 4 members (excludes halogenated alkanes) is 16. The molecule has 2 nitrogen and oxygen atoms in total. The molecule has 0 saturated carbocycles. The van der Waals surface area contributed by atoms with Crippen LogP contribution in [0, 0.1) is 0 Å². The minimum atomic E-state index is 1.08. The van der Waals surface area contributed by atoms with Crippen molar-refractivity contribution in [2.75, 3.05) is 27.2 Å². The van der Waals surface area contributed by atoms with Crippen LogP contribution in [0.5, 0.6) is 0 Å². The monoisotopic (exact) mass is 472 g/mol. The zero-order valence-electron chi connectivity index (χ0n) is 23.8. The molecule has 0 saturated heterocycles. The Labute approximate surface area is 214 Å². The van der Waals surface area contributed by atoms with Crippen molar-refractivity contribution in [1.82, 2.24) is 9.80 Å². The largest absolute Gasteiger partial charge is 0.302 e. The highest BCUT2D eigenvalue weighted by Crippen LogP contribution is 2.16. The lowest BCUT2D eigenvalue weighted by Crippen LogP contribution is -2.23. The first-order chi connectivity index (χ1) is 16.7. The van der Waals surface area contributed by atoms with Crippen molar-refractivity contribution >= 4 is 0 Å². The second-order valence-corrected chi connectivity index (χ2v) is 10.9. The summed E-state index contributed by atoms with van der Waals surface area (Å²) in [5.41, 5.74) is 3.03. The molecule has 0 atom stereocenters. The van der Waals surface area contributed by atoms with Crippen LogP contribution in [0.3, 0.4) is 0 Å². The van der Waals surface area contributed by atoms with E-state index in [2.05, 4.69) is 62.0 Å². The summed E-state index contributed by atoms with van der Waals surface area (Å²) in [5.74, 6) is 0. The van der Waals surface area contributed by atoms with Crippen LogP contribution in [-0.2, 0) is 13.1 Å². The van der Waals surface area contributed by atoms with Crippen molar-refractivity contribution in [1.29, 1.82) is 0 Å². The predicted molar refractivity (Wildman–Crippen MR) is 154 cm³/mol. The molecule has 0 aliphatic rings. The summed E-state index contributed by atoms with van der Waals surface area (Å²) >= 11 is 0. The van der Waals surface area contributed by atoms with Gasteiger partial charge in [-0.15, -0.1) is 0 Å². The van der Waals surface area contributed by atoms with Crippen LogP contribution < -0.4 is 0 Å². The molecule has 0 unspecified atom stereocenters. The number of hydrogen-bond acceptors (Lipinski definition) is 2. The molecule has 0 aromatic heterocycles. The second kappa shape index (κ2) is 22.6. The molecule has 0 bridgehead atoms. The maximum atomic E-state index is 2.53. The Morgan fingerprint density at radius 2 is 0.735 bits per heavy atom. The molecule has 1 rings (SSSR count). The highest BCUT2D eigenvalue weighted by Gasteiger charge is 2.08. The molecule has 2 heteroatoms. The third-order valence-electron chi connectivity index (χ3n) is 7.29. The lowest BCUT2D eigenvalue weighted by molar-refractivity contribution is 0.301. The van der Waals surface area contributed by atoms with Crippen LogP contribution in [0.4, 0.5) is 0 Å². The van der Waals surface area contributed by atoms with E-state index in [1.54, 1.807) is 0 Å². The van der Waals surface area contributed by atoms with Gasteiger partial charge in [0.05, 0.1) is 0 Å². The molecule has 0 aliphatic carbocycles. The average molecular weight is 473 g/mol. The summed E-state index contributed by atoms with van der Waals surface area (Å²) in [5, 5.41) is 0. The molecule has 0 heterocycles. The summed E-state index contributed by atoms with van der Waals surface area (Å²) in [6.45, 7) is 9.20. The summed E-state index contributed by atoms with van der Waals surface area (Å²) in [7, 11) is 4.60. The minimum absolute atomic E-state index is 1.08. The Morgan fingerprint density at radius 3 is 1.06 bits per heavy atom. The molecular formula is C32H60N2. The maximum Gasteiger partial charge on any atom is 0.0233 e. The first kappa shape index (κ1) is 31.2. The SMILES string of the molecule is CCCCCCCCCCCN(C)Cc1ccccc1CN(C)CCCCCCCCCCC. The van der Waals surface area contributed by atoms with Crippen LogP contribution in [0.1, 0.15) is 141 Å². The van der Waals surface area contributed by atoms with E-state index in [-0.39, 0.29) is 0 Å². The van der Waals surface area contributed by atoms with Crippen molar-refractivity contribution in [2.24, 2.45) is 0 Å². The van der Waals surface area contributed by atoms with Gasteiger partial charge in [0.15, 0.2) is 0 Å². The number of nitrogens with zero attached hydrogens (tertiary/aromatic N) is 2. The molecule has 0 fully saturated rings. The Hall–Kier alpha value is -0.860. The van der Waals surface area contributed by atoms with Crippen LogP contribution in [0.25, 0.3) is 0 Å². The minimum Gasteiger partial charge on any atom is -0.302 e.